The molecule has 0 radical (unpaired) electrons. The van der Waals surface area contributed by atoms with Crippen molar-refractivity contribution in [2.24, 2.45) is 11.5 Å². The molecular weight excluding hydrogens is 372 g/mol. The number of nitrogens with one attached hydrogen (secondary N) is 2. The number of carboxylic acids is 1. The van der Waals surface area contributed by atoms with Gasteiger partial charge in [-0.3, -0.25) is 14.4 Å². The molecule has 0 fully saturated rings. The first-order chi connectivity index (χ1) is 13.8. The molecule has 0 bridgehead atoms. The van der Waals surface area contributed by atoms with Gasteiger partial charge < -0.3 is 27.2 Å². The van der Waals surface area contributed by atoms with Crippen molar-refractivity contribution < 1.29 is 19.5 Å². The predicted octanol–water partition coefficient (Wildman–Crippen LogP) is 0.930. The molecule has 0 aromatic heterocycles. The Hall–Kier alpha value is -2.45. The van der Waals surface area contributed by atoms with Crippen LogP contribution in [0.15, 0.2) is 30.3 Å². The molecule has 8 heteroatoms. The molecule has 0 spiro atoms. The van der Waals surface area contributed by atoms with Crippen molar-refractivity contribution in [2.75, 3.05) is 6.54 Å². The van der Waals surface area contributed by atoms with Gasteiger partial charge in [0.15, 0.2) is 0 Å². The van der Waals surface area contributed by atoms with Crippen LogP contribution in [0.4, 0.5) is 0 Å². The lowest BCUT2D eigenvalue weighted by molar-refractivity contribution is -0.137. The summed E-state index contributed by atoms with van der Waals surface area (Å²) >= 11 is 0. The Balaban J connectivity index is 2.69. The molecule has 1 aromatic carbocycles. The predicted molar refractivity (Wildman–Crippen MR) is 112 cm³/mol. The van der Waals surface area contributed by atoms with E-state index in [1.165, 1.54) is 0 Å². The summed E-state index contributed by atoms with van der Waals surface area (Å²) in [6, 6.07) is 8.29. The van der Waals surface area contributed by atoms with Crippen LogP contribution in [0.1, 0.15) is 51.0 Å². The minimum Gasteiger partial charge on any atom is -0.481 e. The van der Waals surface area contributed by atoms with E-state index in [-0.39, 0.29) is 43.2 Å². The molecule has 1 rings (SSSR count). The third kappa shape index (κ3) is 11.9. The highest BCUT2D eigenvalue weighted by molar-refractivity contribution is 5.80. The first kappa shape index (κ1) is 24.6. The SMILES string of the molecule is C[C@H](N)CC(=O)N[C@@H](CCCCN)CC(=O)N[C@H](CC(=O)O)Cc1ccccc1. The second-order valence-corrected chi connectivity index (χ2v) is 7.49. The number of carbonyl (C=O) groups is 3. The Bertz CT molecular complexity index is 637. The molecule has 3 atom stereocenters. The van der Waals surface area contributed by atoms with Gasteiger partial charge in [0.2, 0.25) is 11.8 Å². The lowest BCUT2D eigenvalue weighted by Gasteiger charge is -2.22. The molecule has 0 heterocycles. The van der Waals surface area contributed by atoms with Crippen molar-refractivity contribution in [3.63, 3.8) is 0 Å². The summed E-state index contributed by atoms with van der Waals surface area (Å²) in [5, 5.41) is 14.8. The van der Waals surface area contributed by atoms with Crippen LogP contribution in [0.5, 0.6) is 0 Å². The highest BCUT2D eigenvalue weighted by Crippen LogP contribution is 2.09. The Kier molecular flexibility index (Phi) is 11.6. The van der Waals surface area contributed by atoms with Gasteiger partial charge in [0.1, 0.15) is 0 Å². The van der Waals surface area contributed by atoms with E-state index in [1.54, 1.807) is 6.92 Å². The smallest absolute Gasteiger partial charge is 0.305 e. The van der Waals surface area contributed by atoms with Gasteiger partial charge in [0.05, 0.1) is 6.42 Å². The second-order valence-electron chi connectivity index (χ2n) is 7.49. The van der Waals surface area contributed by atoms with Gasteiger partial charge in [0.25, 0.3) is 0 Å². The van der Waals surface area contributed by atoms with Crippen LogP contribution < -0.4 is 22.1 Å². The largest absolute Gasteiger partial charge is 0.481 e. The Morgan fingerprint density at radius 2 is 1.59 bits per heavy atom. The standard InChI is InChI=1S/C21H34N4O4/c1-15(23)11-19(26)24-17(9-5-6-10-22)13-20(27)25-18(14-21(28)29)12-16-7-3-2-4-8-16/h2-4,7-8,15,17-18H,5-6,9-14,22-23H2,1H3,(H,24,26)(H,25,27)(H,28,29)/t15-,17-,18-/m0/s1. The van der Waals surface area contributed by atoms with Crippen molar-refractivity contribution in [1.82, 2.24) is 10.6 Å². The molecule has 162 valence electrons. The van der Waals surface area contributed by atoms with Gasteiger partial charge in [-0.05, 0) is 38.3 Å². The van der Waals surface area contributed by atoms with Crippen molar-refractivity contribution >= 4 is 17.8 Å². The summed E-state index contributed by atoms with van der Waals surface area (Å²) in [6.07, 6.45) is 2.73. The summed E-state index contributed by atoms with van der Waals surface area (Å²) in [5.74, 6) is -1.46. The highest BCUT2D eigenvalue weighted by Gasteiger charge is 2.21. The Morgan fingerprint density at radius 3 is 2.17 bits per heavy atom. The maximum Gasteiger partial charge on any atom is 0.305 e. The fraction of sp³-hybridized carbons (Fsp3) is 0.571. The minimum atomic E-state index is -0.976. The van der Waals surface area contributed by atoms with Crippen LogP contribution in [0.25, 0.3) is 0 Å². The van der Waals surface area contributed by atoms with E-state index < -0.39 is 12.0 Å². The topological polar surface area (TPSA) is 148 Å². The summed E-state index contributed by atoms with van der Waals surface area (Å²) < 4.78 is 0. The fourth-order valence-electron chi connectivity index (χ4n) is 3.13. The summed E-state index contributed by atoms with van der Waals surface area (Å²) in [6.45, 7) is 2.29. The molecule has 0 unspecified atom stereocenters. The van der Waals surface area contributed by atoms with Crippen LogP contribution in [0.3, 0.4) is 0 Å². The van der Waals surface area contributed by atoms with Crippen molar-refractivity contribution in [3.05, 3.63) is 35.9 Å². The summed E-state index contributed by atoms with van der Waals surface area (Å²) in [7, 11) is 0. The normalized spacial score (nSPS) is 13.9. The van der Waals surface area contributed by atoms with E-state index in [0.717, 1.165) is 18.4 Å². The van der Waals surface area contributed by atoms with Gasteiger partial charge in [0, 0.05) is 31.0 Å². The number of hydrogen-bond donors (Lipinski definition) is 5. The zero-order valence-corrected chi connectivity index (χ0v) is 17.1. The number of hydrogen-bond acceptors (Lipinski definition) is 5. The zero-order chi connectivity index (χ0) is 21.6. The first-order valence-electron chi connectivity index (χ1n) is 10.1. The maximum atomic E-state index is 12.6. The van der Waals surface area contributed by atoms with Crippen LogP contribution in [-0.2, 0) is 20.8 Å². The number of benzene rings is 1. The quantitative estimate of drug-likeness (QED) is 0.290. The number of carboxylic acid groups (broad SMARTS) is 1. The average molecular weight is 407 g/mol. The third-order valence-corrected chi connectivity index (χ3v) is 4.42. The van der Waals surface area contributed by atoms with E-state index in [2.05, 4.69) is 10.6 Å². The molecule has 1 aromatic rings. The average Bonchev–Trinajstić information content (AvgIpc) is 2.61. The first-order valence-corrected chi connectivity index (χ1v) is 10.1. The number of carbonyl (C=O) groups excluding carboxylic acids is 2. The van der Waals surface area contributed by atoms with Crippen LogP contribution in [-0.4, -0.2) is 47.6 Å². The molecule has 0 aliphatic heterocycles. The van der Waals surface area contributed by atoms with Crippen molar-refractivity contribution in [1.29, 1.82) is 0 Å². The Labute approximate surface area is 172 Å². The molecule has 0 aliphatic rings. The molecule has 0 saturated heterocycles. The number of unbranched alkanes of at least 4 members (excludes halogenated alkanes) is 1. The molecule has 0 aliphatic carbocycles. The lowest BCUT2D eigenvalue weighted by atomic mass is 10.0. The van der Waals surface area contributed by atoms with Gasteiger partial charge in [-0.15, -0.1) is 0 Å². The minimum absolute atomic E-state index is 0.0835. The highest BCUT2D eigenvalue weighted by atomic mass is 16.4. The summed E-state index contributed by atoms with van der Waals surface area (Å²) in [4.78, 5) is 35.8. The molecule has 0 saturated carbocycles. The maximum absolute atomic E-state index is 12.6. The fourth-order valence-corrected chi connectivity index (χ4v) is 3.13. The molecule has 8 nitrogen and oxygen atoms in total. The number of amides is 2. The monoisotopic (exact) mass is 406 g/mol. The van der Waals surface area contributed by atoms with Crippen LogP contribution in [0.2, 0.25) is 0 Å². The van der Waals surface area contributed by atoms with Gasteiger partial charge in [-0.1, -0.05) is 36.8 Å². The second kappa shape index (κ2) is 13.7. The van der Waals surface area contributed by atoms with E-state index in [1.807, 2.05) is 30.3 Å². The molecule has 7 N–H and O–H groups in total. The third-order valence-electron chi connectivity index (χ3n) is 4.42. The zero-order valence-electron chi connectivity index (χ0n) is 17.1. The van der Waals surface area contributed by atoms with Crippen molar-refractivity contribution in [2.45, 2.75) is 70.0 Å². The number of aliphatic carboxylic acids is 1. The lowest BCUT2D eigenvalue weighted by Crippen LogP contribution is -2.44. The van der Waals surface area contributed by atoms with Gasteiger partial charge >= 0.3 is 5.97 Å². The Morgan fingerprint density at radius 1 is 0.966 bits per heavy atom. The van der Waals surface area contributed by atoms with E-state index in [9.17, 15) is 19.5 Å². The van der Waals surface area contributed by atoms with Crippen molar-refractivity contribution in [3.8, 4) is 0 Å². The van der Waals surface area contributed by atoms with E-state index in [0.29, 0.717) is 19.4 Å². The number of nitrogens with two attached hydrogens (primary N) is 2. The summed E-state index contributed by atoms with van der Waals surface area (Å²) in [5.41, 5.74) is 12.1. The van der Waals surface area contributed by atoms with Crippen LogP contribution in [0, 0.1) is 0 Å². The van der Waals surface area contributed by atoms with E-state index in [4.69, 9.17) is 11.5 Å². The van der Waals surface area contributed by atoms with Gasteiger partial charge in [-0.25, -0.2) is 0 Å². The molecular formula is C21H34N4O4. The van der Waals surface area contributed by atoms with Crippen LogP contribution >= 0.6 is 0 Å². The van der Waals surface area contributed by atoms with Gasteiger partial charge in [-0.2, -0.15) is 0 Å². The molecule has 2 amide bonds. The number of rotatable bonds is 14. The molecule has 29 heavy (non-hydrogen) atoms. The van der Waals surface area contributed by atoms with E-state index >= 15 is 0 Å².